The second kappa shape index (κ2) is 11.7. The molecule has 1 aliphatic carbocycles. The molecule has 9 nitrogen and oxygen atoms in total. The van der Waals surface area contributed by atoms with Crippen molar-refractivity contribution >= 4 is 11.8 Å². The number of allylic oxidation sites excluding steroid dienone is 3. The maximum atomic E-state index is 14.0. The minimum absolute atomic E-state index is 0.0697. The van der Waals surface area contributed by atoms with Crippen LogP contribution in [0.5, 0.6) is 28.7 Å². The summed E-state index contributed by atoms with van der Waals surface area (Å²) in [4.78, 5) is 27.2. The predicted molar refractivity (Wildman–Crippen MR) is 145 cm³/mol. The molecule has 1 heterocycles. The lowest BCUT2D eigenvalue weighted by molar-refractivity contribution is -0.138. The van der Waals surface area contributed by atoms with Gasteiger partial charge in [-0.2, -0.15) is 0 Å². The largest absolute Gasteiger partial charge is 0.496 e. The van der Waals surface area contributed by atoms with Crippen LogP contribution < -0.4 is 29.0 Å². The number of Topliss-reactive ketones (excluding diaryl/α,β-unsaturated/α-hetero) is 1. The summed E-state index contributed by atoms with van der Waals surface area (Å²) >= 11 is 0. The van der Waals surface area contributed by atoms with Crippen molar-refractivity contribution in [2.45, 2.75) is 38.5 Å². The first-order valence-electron chi connectivity index (χ1n) is 12.7. The van der Waals surface area contributed by atoms with Crippen molar-refractivity contribution in [2.75, 3.05) is 42.2 Å². The highest BCUT2D eigenvalue weighted by Gasteiger charge is 2.43. The minimum Gasteiger partial charge on any atom is -0.496 e. The zero-order valence-corrected chi connectivity index (χ0v) is 23.4. The zero-order chi connectivity index (χ0) is 28.3. The molecule has 2 atom stereocenters. The smallest absolute Gasteiger partial charge is 0.336 e. The molecule has 0 aromatic heterocycles. The third-order valence-corrected chi connectivity index (χ3v) is 7.25. The molecule has 1 N–H and O–H groups in total. The van der Waals surface area contributed by atoms with E-state index in [-0.39, 0.29) is 24.7 Å². The van der Waals surface area contributed by atoms with Crippen LogP contribution >= 0.6 is 0 Å². The molecule has 2 aromatic rings. The fourth-order valence-electron chi connectivity index (χ4n) is 5.45. The van der Waals surface area contributed by atoms with E-state index in [1.54, 1.807) is 33.3 Å². The minimum atomic E-state index is -0.714. The molecular formula is C30H35NO8. The van der Waals surface area contributed by atoms with Gasteiger partial charge in [0.2, 0.25) is 0 Å². The second-order valence-electron chi connectivity index (χ2n) is 9.30. The van der Waals surface area contributed by atoms with E-state index in [4.69, 9.17) is 28.4 Å². The Morgan fingerprint density at radius 1 is 0.846 bits per heavy atom. The SMILES string of the molecule is CCOC(=O)C1=C(C)NC2=C(C(=O)C[C@H](c3ccc(OC)c(OC)c3)C2)[C@@H]1c1cc(OC)c(OC)cc1OC. The van der Waals surface area contributed by atoms with Crippen LogP contribution in [0.25, 0.3) is 0 Å². The second-order valence-corrected chi connectivity index (χ2v) is 9.30. The molecule has 0 saturated carbocycles. The van der Waals surface area contributed by atoms with Gasteiger partial charge in [-0.25, -0.2) is 4.79 Å². The summed E-state index contributed by atoms with van der Waals surface area (Å²) in [6.45, 7) is 3.77. The maximum absolute atomic E-state index is 14.0. The van der Waals surface area contributed by atoms with E-state index >= 15 is 0 Å². The van der Waals surface area contributed by atoms with Gasteiger partial charge in [-0.3, -0.25) is 4.79 Å². The highest BCUT2D eigenvalue weighted by Crippen LogP contribution is 2.50. The lowest BCUT2D eigenvalue weighted by Crippen LogP contribution is -2.36. The molecule has 39 heavy (non-hydrogen) atoms. The number of nitrogens with one attached hydrogen (secondary N) is 1. The van der Waals surface area contributed by atoms with Crippen molar-refractivity contribution in [3.63, 3.8) is 0 Å². The summed E-state index contributed by atoms with van der Waals surface area (Å²) in [5.41, 5.74) is 3.84. The molecule has 4 rings (SSSR count). The summed E-state index contributed by atoms with van der Waals surface area (Å²) in [7, 11) is 7.79. The first-order valence-corrected chi connectivity index (χ1v) is 12.7. The third kappa shape index (κ3) is 5.13. The topological polar surface area (TPSA) is 102 Å². The summed E-state index contributed by atoms with van der Waals surface area (Å²) in [6, 6.07) is 9.17. The number of dihydropyridines is 1. The first kappa shape index (κ1) is 27.9. The molecule has 0 radical (unpaired) electrons. The molecule has 9 heteroatoms. The first-order chi connectivity index (χ1) is 18.8. The Bertz CT molecular complexity index is 1340. The van der Waals surface area contributed by atoms with Crippen molar-refractivity contribution in [3.8, 4) is 28.7 Å². The highest BCUT2D eigenvalue weighted by molar-refractivity contribution is 6.04. The van der Waals surface area contributed by atoms with Gasteiger partial charge in [0.1, 0.15) is 5.75 Å². The van der Waals surface area contributed by atoms with Gasteiger partial charge >= 0.3 is 5.97 Å². The Morgan fingerprint density at radius 3 is 2.08 bits per heavy atom. The van der Waals surface area contributed by atoms with Crippen LogP contribution in [0.3, 0.4) is 0 Å². The molecule has 0 amide bonds. The predicted octanol–water partition coefficient (Wildman–Crippen LogP) is 4.65. The summed E-state index contributed by atoms with van der Waals surface area (Å²) in [5.74, 6) is 1.26. The molecule has 0 spiro atoms. The summed E-state index contributed by atoms with van der Waals surface area (Å²) < 4.78 is 33.1. The highest BCUT2D eigenvalue weighted by atomic mass is 16.5. The number of benzene rings is 2. The molecule has 1 aliphatic heterocycles. The number of hydrogen-bond acceptors (Lipinski definition) is 9. The Hall–Kier alpha value is -4.14. The Labute approximate surface area is 228 Å². The van der Waals surface area contributed by atoms with Gasteiger partial charge in [-0.05, 0) is 49.9 Å². The average Bonchev–Trinajstić information content (AvgIpc) is 2.95. The number of hydrogen-bond donors (Lipinski definition) is 1. The van der Waals surface area contributed by atoms with Crippen molar-refractivity contribution in [3.05, 3.63) is 64.0 Å². The number of esters is 1. The van der Waals surface area contributed by atoms with Gasteiger partial charge in [-0.1, -0.05) is 6.07 Å². The summed E-state index contributed by atoms with van der Waals surface area (Å²) in [5, 5.41) is 3.36. The fourth-order valence-corrected chi connectivity index (χ4v) is 5.45. The Kier molecular flexibility index (Phi) is 8.38. The van der Waals surface area contributed by atoms with Crippen LogP contribution in [0.4, 0.5) is 0 Å². The number of ether oxygens (including phenoxy) is 6. The average molecular weight is 538 g/mol. The van der Waals surface area contributed by atoms with Gasteiger partial charge < -0.3 is 33.7 Å². The Balaban J connectivity index is 1.87. The molecule has 208 valence electrons. The lowest BCUT2D eigenvalue weighted by Gasteiger charge is -2.37. The monoisotopic (exact) mass is 537 g/mol. The van der Waals surface area contributed by atoms with E-state index in [0.717, 1.165) is 11.3 Å². The normalized spacial score (nSPS) is 18.7. The zero-order valence-electron chi connectivity index (χ0n) is 23.4. The van der Waals surface area contributed by atoms with Crippen LogP contribution in [0.15, 0.2) is 52.9 Å². The van der Waals surface area contributed by atoms with E-state index < -0.39 is 11.9 Å². The van der Waals surface area contributed by atoms with Crippen LogP contribution in [-0.2, 0) is 14.3 Å². The third-order valence-electron chi connectivity index (χ3n) is 7.25. The van der Waals surface area contributed by atoms with Crippen LogP contribution in [0, 0.1) is 0 Å². The number of methoxy groups -OCH3 is 5. The molecule has 0 saturated heterocycles. The molecule has 0 bridgehead atoms. The lowest BCUT2D eigenvalue weighted by atomic mass is 9.71. The van der Waals surface area contributed by atoms with E-state index in [9.17, 15) is 9.59 Å². The molecule has 2 aromatic carbocycles. The van der Waals surface area contributed by atoms with E-state index in [2.05, 4.69) is 5.32 Å². The number of rotatable bonds is 9. The van der Waals surface area contributed by atoms with Crippen molar-refractivity contribution in [1.29, 1.82) is 0 Å². The van der Waals surface area contributed by atoms with Gasteiger partial charge in [0, 0.05) is 35.0 Å². The molecule has 0 unspecified atom stereocenters. The Morgan fingerprint density at radius 2 is 1.46 bits per heavy atom. The fraction of sp³-hybridized carbons (Fsp3) is 0.400. The number of carbonyl (C=O) groups is 2. The molecule has 2 aliphatic rings. The quantitative estimate of drug-likeness (QED) is 0.458. The maximum Gasteiger partial charge on any atom is 0.336 e. The van der Waals surface area contributed by atoms with Gasteiger partial charge in [0.15, 0.2) is 28.8 Å². The van der Waals surface area contributed by atoms with Crippen molar-refractivity contribution < 1.29 is 38.0 Å². The van der Waals surface area contributed by atoms with Crippen molar-refractivity contribution in [1.82, 2.24) is 5.32 Å². The van der Waals surface area contributed by atoms with Crippen molar-refractivity contribution in [2.24, 2.45) is 0 Å². The van der Waals surface area contributed by atoms with E-state index in [1.807, 2.05) is 25.1 Å². The molecular weight excluding hydrogens is 502 g/mol. The van der Waals surface area contributed by atoms with Gasteiger partial charge in [0.25, 0.3) is 0 Å². The van der Waals surface area contributed by atoms with E-state index in [0.29, 0.717) is 57.6 Å². The van der Waals surface area contributed by atoms with Gasteiger partial charge in [0.05, 0.1) is 53.6 Å². The van der Waals surface area contributed by atoms with Crippen LogP contribution in [0.2, 0.25) is 0 Å². The summed E-state index contributed by atoms with van der Waals surface area (Å²) in [6.07, 6.45) is 0.827. The van der Waals surface area contributed by atoms with Gasteiger partial charge in [-0.15, -0.1) is 0 Å². The number of carbonyl (C=O) groups excluding carboxylic acids is 2. The number of ketones is 1. The van der Waals surface area contributed by atoms with Crippen LogP contribution in [-0.4, -0.2) is 53.9 Å². The van der Waals surface area contributed by atoms with Crippen LogP contribution in [0.1, 0.15) is 49.7 Å². The molecule has 0 fully saturated rings. The van der Waals surface area contributed by atoms with E-state index in [1.165, 1.54) is 21.3 Å². The standard InChI is InChI=1S/C30H35NO8/c1-8-39-30(33)27-16(2)31-20-11-18(17-9-10-22(34-3)24(13-17)36-5)12-21(32)29(20)28(27)19-14-25(37-6)26(38-7)15-23(19)35-4/h9-10,13-15,18,28,31H,8,11-12H2,1-7H3/t18-,28-/m1/s1.